The Kier molecular flexibility index (Phi) is 6.05. The van der Waals surface area contributed by atoms with Crippen LogP contribution in [-0.2, 0) is 11.3 Å². The topological polar surface area (TPSA) is 49.3 Å². The number of hydrogen-bond acceptors (Lipinski definition) is 2. The minimum Gasteiger partial charge on any atom is -0.481 e. The van der Waals surface area contributed by atoms with Gasteiger partial charge in [0.15, 0.2) is 0 Å². The van der Waals surface area contributed by atoms with Gasteiger partial charge in [-0.15, -0.1) is 0 Å². The molecule has 3 aromatic rings. The molecule has 0 unspecified atom stereocenters. The molecule has 4 heteroatoms. The van der Waals surface area contributed by atoms with Gasteiger partial charge in [-0.25, -0.2) is 0 Å². The molecule has 0 fully saturated rings. The molecule has 0 aliphatic carbocycles. The van der Waals surface area contributed by atoms with Crippen LogP contribution in [0.4, 0.5) is 0 Å². The lowest BCUT2D eigenvalue weighted by Crippen LogP contribution is -2.24. The van der Waals surface area contributed by atoms with Crippen LogP contribution in [0.2, 0.25) is 5.02 Å². The zero-order chi connectivity index (χ0) is 18.4. The Bertz CT molecular complexity index is 880. The van der Waals surface area contributed by atoms with Crippen LogP contribution >= 0.6 is 11.6 Å². The first-order chi connectivity index (χ1) is 12.6. The summed E-state index contributed by atoms with van der Waals surface area (Å²) in [5.74, 6) is -0.843. The molecule has 0 aromatic heterocycles. The highest BCUT2D eigenvalue weighted by Crippen LogP contribution is 2.34. The fourth-order valence-electron chi connectivity index (χ4n) is 3.03. The molecular weight excluding hydrogens is 346 g/mol. The fraction of sp³-hybridized carbons (Fsp3) is 0.136. The predicted octanol–water partition coefficient (Wildman–Crippen LogP) is 5.31. The van der Waals surface area contributed by atoms with Gasteiger partial charge in [0.05, 0.1) is 6.42 Å². The number of halogens is 1. The summed E-state index contributed by atoms with van der Waals surface area (Å²) in [5.41, 5.74) is 3.89. The van der Waals surface area contributed by atoms with Crippen LogP contribution in [0.5, 0.6) is 0 Å². The van der Waals surface area contributed by atoms with Gasteiger partial charge in [-0.3, -0.25) is 4.79 Å². The van der Waals surface area contributed by atoms with Gasteiger partial charge in [0, 0.05) is 23.2 Å². The smallest absolute Gasteiger partial charge is 0.305 e. The molecule has 0 amide bonds. The summed E-state index contributed by atoms with van der Waals surface area (Å²) >= 11 is 6.38. The average molecular weight is 366 g/mol. The lowest BCUT2D eigenvalue weighted by atomic mass is 9.93. The zero-order valence-electron chi connectivity index (χ0n) is 14.2. The van der Waals surface area contributed by atoms with E-state index in [1.165, 1.54) is 0 Å². The Balaban J connectivity index is 1.94. The second kappa shape index (κ2) is 8.65. The monoisotopic (exact) mass is 365 g/mol. The third-order valence-electron chi connectivity index (χ3n) is 4.27. The highest BCUT2D eigenvalue weighted by atomic mass is 35.5. The molecule has 0 saturated heterocycles. The maximum atomic E-state index is 11.4. The minimum absolute atomic E-state index is 0.00566. The second-order valence-electron chi connectivity index (χ2n) is 6.08. The van der Waals surface area contributed by atoms with Crippen molar-refractivity contribution in [2.75, 3.05) is 0 Å². The number of benzene rings is 3. The number of carboxylic acids is 1. The van der Waals surface area contributed by atoms with Crippen LogP contribution in [0.15, 0.2) is 78.9 Å². The van der Waals surface area contributed by atoms with E-state index in [-0.39, 0.29) is 12.5 Å². The van der Waals surface area contributed by atoms with Gasteiger partial charge < -0.3 is 10.4 Å². The van der Waals surface area contributed by atoms with Gasteiger partial charge in [0.1, 0.15) is 0 Å². The highest BCUT2D eigenvalue weighted by Gasteiger charge is 2.19. The normalized spacial score (nSPS) is 11.9. The summed E-state index contributed by atoms with van der Waals surface area (Å²) in [5, 5.41) is 13.4. The predicted molar refractivity (Wildman–Crippen MR) is 105 cm³/mol. The first-order valence-electron chi connectivity index (χ1n) is 8.48. The molecule has 0 aliphatic heterocycles. The molecule has 2 N–H and O–H groups in total. The van der Waals surface area contributed by atoms with Crippen molar-refractivity contribution in [2.24, 2.45) is 0 Å². The molecule has 0 radical (unpaired) electrons. The van der Waals surface area contributed by atoms with E-state index in [2.05, 4.69) is 5.32 Å². The summed E-state index contributed by atoms with van der Waals surface area (Å²) < 4.78 is 0. The van der Waals surface area contributed by atoms with Crippen molar-refractivity contribution in [3.63, 3.8) is 0 Å². The van der Waals surface area contributed by atoms with Crippen molar-refractivity contribution >= 4 is 17.6 Å². The van der Waals surface area contributed by atoms with Crippen molar-refractivity contribution in [3.8, 4) is 11.1 Å². The van der Waals surface area contributed by atoms with Gasteiger partial charge >= 0.3 is 5.97 Å². The number of nitrogens with one attached hydrogen (secondary N) is 1. The van der Waals surface area contributed by atoms with Crippen LogP contribution in [0.25, 0.3) is 11.1 Å². The maximum Gasteiger partial charge on any atom is 0.305 e. The molecule has 0 spiro atoms. The molecule has 3 nitrogen and oxygen atoms in total. The van der Waals surface area contributed by atoms with Crippen molar-refractivity contribution < 1.29 is 9.90 Å². The van der Waals surface area contributed by atoms with E-state index >= 15 is 0 Å². The van der Waals surface area contributed by atoms with Crippen molar-refractivity contribution in [1.82, 2.24) is 5.32 Å². The summed E-state index contributed by atoms with van der Waals surface area (Å²) in [7, 11) is 0. The molecular formula is C22H20ClNO2. The molecule has 1 atom stereocenters. The average Bonchev–Trinajstić information content (AvgIpc) is 2.66. The van der Waals surface area contributed by atoms with E-state index in [0.717, 1.165) is 22.3 Å². The van der Waals surface area contributed by atoms with Crippen molar-refractivity contribution in [2.45, 2.75) is 19.0 Å². The van der Waals surface area contributed by atoms with Gasteiger partial charge in [-0.05, 0) is 22.8 Å². The molecule has 0 aliphatic rings. The number of aliphatic carboxylic acids is 1. The van der Waals surface area contributed by atoms with Gasteiger partial charge in [0.2, 0.25) is 0 Å². The van der Waals surface area contributed by atoms with Crippen LogP contribution in [0.1, 0.15) is 23.6 Å². The van der Waals surface area contributed by atoms with E-state index in [1.807, 2.05) is 78.9 Å². The molecule has 0 heterocycles. The number of rotatable bonds is 7. The Labute approximate surface area is 158 Å². The molecule has 3 rings (SSSR count). The molecule has 26 heavy (non-hydrogen) atoms. The van der Waals surface area contributed by atoms with Gasteiger partial charge in [-0.1, -0.05) is 84.4 Å². The number of carboxylic acid groups (broad SMARTS) is 1. The SMILES string of the molecule is O=C(O)C[C@H](NCc1ccccc1)c1ccccc1-c1ccccc1Cl. The third-order valence-corrected chi connectivity index (χ3v) is 4.60. The van der Waals surface area contributed by atoms with Crippen LogP contribution in [0.3, 0.4) is 0 Å². The summed E-state index contributed by atoms with van der Waals surface area (Å²) in [6.07, 6.45) is -0.00566. The van der Waals surface area contributed by atoms with Crippen LogP contribution < -0.4 is 5.32 Å². The van der Waals surface area contributed by atoms with E-state index in [4.69, 9.17) is 11.6 Å². The molecule has 3 aromatic carbocycles. The van der Waals surface area contributed by atoms with E-state index in [1.54, 1.807) is 0 Å². The Morgan fingerprint density at radius 2 is 1.50 bits per heavy atom. The number of hydrogen-bond donors (Lipinski definition) is 2. The summed E-state index contributed by atoms with van der Waals surface area (Å²) in [4.78, 5) is 11.4. The minimum atomic E-state index is -0.843. The Morgan fingerprint density at radius 3 is 2.19 bits per heavy atom. The Morgan fingerprint density at radius 1 is 0.885 bits per heavy atom. The fourth-order valence-corrected chi connectivity index (χ4v) is 3.27. The van der Waals surface area contributed by atoms with Crippen LogP contribution in [-0.4, -0.2) is 11.1 Å². The summed E-state index contributed by atoms with van der Waals surface area (Å²) in [6.45, 7) is 0.593. The lowest BCUT2D eigenvalue weighted by Gasteiger charge is -2.21. The molecule has 132 valence electrons. The van der Waals surface area contributed by atoms with Crippen LogP contribution in [0, 0.1) is 0 Å². The lowest BCUT2D eigenvalue weighted by molar-refractivity contribution is -0.137. The number of carbonyl (C=O) groups is 1. The highest BCUT2D eigenvalue weighted by molar-refractivity contribution is 6.33. The summed E-state index contributed by atoms with van der Waals surface area (Å²) in [6, 6.07) is 25.1. The van der Waals surface area contributed by atoms with Crippen molar-refractivity contribution in [3.05, 3.63) is 95.0 Å². The third kappa shape index (κ3) is 4.51. The first-order valence-corrected chi connectivity index (χ1v) is 8.86. The van der Waals surface area contributed by atoms with Crippen molar-refractivity contribution in [1.29, 1.82) is 0 Å². The second-order valence-corrected chi connectivity index (χ2v) is 6.49. The maximum absolute atomic E-state index is 11.4. The largest absolute Gasteiger partial charge is 0.481 e. The zero-order valence-corrected chi connectivity index (χ0v) is 15.0. The first kappa shape index (κ1) is 18.2. The van der Waals surface area contributed by atoms with E-state index < -0.39 is 5.97 Å². The van der Waals surface area contributed by atoms with Gasteiger partial charge in [0.25, 0.3) is 0 Å². The molecule has 0 saturated carbocycles. The standard InChI is InChI=1S/C22H20ClNO2/c23-20-13-7-6-11-18(20)17-10-4-5-12-19(17)21(14-22(25)26)24-15-16-8-2-1-3-9-16/h1-13,21,24H,14-15H2,(H,25,26)/t21-/m0/s1. The van der Waals surface area contributed by atoms with E-state index in [0.29, 0.717) is 11.6 Å². The molecule has 0 bridgehead atoms. The Hall–Kier alpha value is -2.62. The van der Waals surface area contributed by atoms with E-state index in [9.17, 15) is 9.90 Å². The van der Waals surface area contributed by atoms with Gasteiger partial charge in [-0.2, -0.15) is 0 Å². The quantitative estimate of drug-likeness (QED) is 0.596.